The maximum Gasteiger partial charge on any atom is 0.219 e. The van der Waals surface area contributed by atoms with E-state index in [0.29, 0.717) is 37.2 Å². The van der Waals surface area contributed by atoms with Gasteiger partial charge in [-0.3, -0.25) is 9.59 Å². The van der Waals surface area contributed by atoms with Crippen LogP contribution in [-0.2, 0) is 4.79 Å². The molecule has 0 spiro atoms. The highest BCUT2D eigenvalue weighted by Crippen LogP contribution is 2.23. The van der Waals surface area contributed by atoms with Crippen LogP contribution in [-0.4, -0.2) is 29.7 Å². The average molecular weight is 272 g/mol. The Bertz CT molecular complexity index is 553. The van der Waals surface area contributed by atoms with Crippen molar-refractivity contribution in [3.05, 3.63) is 40.3 Å². The number of rotatable bonds is 3. The number of carbonyl (C=O) groups excluding carboxylic acids is 2. The number of hydrogen-bond acceptors (Lipinski definition) is 3. The first kappa shape index (κ1) is 14.1. The summed E-state index contributed by atoms with van der Waals surface area (Å²) in [6.07, 6.45) is 1.41. The van der Waals surface area contributed by atoms with Crippen LogP contribution in [0.5, 0.6) is 0 Å². The number of piperidine rings is 1. The average Bonchev–Trinajstić information content (AvgIpc) is 2.48. The number of ketones is 1. The minimum atomic E-state index is -0.0316. The Morgan fingerprint density at radius 1 is 1.25 bits per heavy atom. The molecular weight excluding hydrogens is 256 g/mol. The lowest BCUT2D eigenvalue weighted by Gasteiger charge is -2.30. The second-order valence-electron chi connectivity index (χ2n) is 4.88. The standard InChI is InChI=1S/C14H16N4O2/c1-10(19)18-8-6-12(7-9-18)14(20)11-2-4-13(5-3-11)16-17-15/h2-5,12H,6-9H2,1H3. The molecule has 104 valence electrons. The number of Topliss-reactive ketones (excluding diaryl/α,β-unsaturated/α-hetero) is 1. The summed E-state index contributed by atoms with van der Waals surface area (Å²) in [4.78, 5) is 28.1. The van der Waals surface area contributed by atoms with E-state index in [1.807, 2.05) is 0 Å². The van der Waals surface area contributed by atoms with Gasteiger partial charge in [-0.05, 0) is 18.4 Å². The molecular formula is C14H16N4O2. The van der Waals surface area contributed by atoms with Crippen molar-refractivity contribution >= 4 is 17.4 Å². The molecule has 0 bridgehead atoms. The van der Waals surface area contributed by atoms with E-state index in [1.54, 1.807) is 36.1 Å². The Hall–Kier alpha value is -2.33. The van der Waals surface area contributed by atoms with Crippen molar-refractivity contribution in [2.75, 3.05) is 13.1 Å². The lowest BCUT2D eigenvalue weighted by molar-refractivity contribution is -0.130. The molecule has 1 aliphatic rings. The highest BCUT2D eigenvalue weighted by Gasteiger charge is 2.26. The Labute approximate surface area is 117 Å². The van der Waals surface area contributed by atoms with Gasteiger partial charge in [0.25, 0.3) is 0 Å². The van der Waals surface area contributed by atoms with E-state index in [1.165, 1.54) is 0 Å². The molecule has 1 aromatic carbocycles. The van der Waals surface area contributed by atoms with Gasteiger partial charge in [-0.2, -0.15) is 0 Å². The third-order valence-corrected chi connectivity index (χ3v) is 3.62. The minimum Gasteiger partial charge on any atom is -0.343 e. The molecule has 1 saturated heterocycles. The van der Waals surface area contributed by atoms with Crippen LogP contribution in [0.15, 0.2) is 29.4 Å². The summed E-state index contributed by atoms with van der Waals surface area (Å²) in [6, 6.07) is 6.64. The third kappa shape index (κ3) is 3.16. The van der Waals surface area contributed by atoms with E-state index < -0.39 is 0 Å². The van der Waals surface area contributed by atoms with E-state index in [2.05, 4.69) is 10.0 Å². The molecule has 6 nitrogen and oxygen atoms in total. The fourth-order valence-electron chi connectivity index (χ4n) is 2.44. The highest BCUT2D eigenvalue weighted by molar-refractivity contribution is 5.98. The third-order valence-electron chi connectivity index (χ3n) is 3.62. The number of azide groups is 1. The number of benzene rings is 1. The smallest absolute Gasteiger partial charge is 0.219 e. The summed E-state index contributed by atoms with van der Waals surface area (Å²) in [6.45, 7) is 2.84. The first-order valence-electron chi connectivity index (χ1n) is 6.56. The molecule has 0 N–H and O–H groups in total. The first-order valence-corrected chi connectivity index (χ1v) is 6.56. The van der Waals surface area contributed by atoms with Crippen molar-refractivity contribution in [1.82, 2.24) is 4.90 Å². The van der Waals surface area contributed by atoms with E-state index in [4.69, 9.17) is 5.53 Å². The lowest BCUT2D eigenvalue weighted by Crippen LogP contribution is -2.39. The summed E-state index contributed by atoms with van der Waals surface area (Å²) >= 11 is 0. The van der Waals surface area contributed by atoms with Gasteiger partial charge >= 0.3 is 0 Å². The number of carbonyl (C=O) groups is 2. The van der Waals surface area contributed by atoms with E-state index in [0.717, 1.165) is 0 Å². The van der Waals surface area contributed by atoms with Gasteiger partial charge in [0, 0.05) is 42.1 Å². The molecule has 6 heteroatoms. The van der Waals surface area contributed by atoms with Crippen LogP contribution in [0.3, 0.4) is 0 Å². The molecule has 0 unspecified atom stereocenters. The summed E-state index contributed by atoms with van der Waals surface area (Å²) in [5.41, 5.74) is 9.45. The summed E-state index contributed by atoms with van der Waals surface area (Å²) in [5, 5.41) is 3.47. The van der Waals surface area contributed by atoms with Crippen LogP contribution in [0, 0.1) is 5.92 Å². The molecule has 1 fully saturated rings. The lowest BCUT2D eigenvalue weighted by atomic mass is 9.89. The van der Waals surface area contributed by atoms with Crippen LogP contribution in [0.4, 0.5) is 5.69 Å². The van der Waals surface area contributed by atoms with Gasteiger partial charge in [0.2, 0.25) is 5.91 Å². The topological polar surface area (TPSA) is 86.1 Å². The van der Waals surface area contributed by atoms with Crippen LogP contribution < -0.4 is 0 Å². The molecule has 1 heterocycles. The van der Waals surface area contributed by atoms with Crippen LogP contribution in [0.1, 0.15) is 30.1 Å². The molecule has 0 aliphatic carbocycles. The number of nitrogens with zero attached hydrogens (tertiary/aromatic N) is 4. The molecule has 1 amide bonds. The van der Waals surface area contributed by atoms with Crippen molar-refractivity contribution in [3.63, 3.8) is 0 Å². The van der Waals surface area contributed by atoms with E-state index in [9.17, 15) is 9.59 Å². The van der Waals surface area contributed by atoms with Crippen molar-refractivity contribution in [1.29, 1.82) is 0 Å². The Balaban J connectivity index is 2.01. The zero-order valence-electron chi connectivity index (χ0n) is 11.3. The SMILES string of the molecule is CC(=O)N1CCC(C(=O)c2ccc(N=[N+]=[N-])cc2)CC1. The van der Waals surface area contributed by atoms with Crippen molar-refractivity contribution in [2.45, 2.75) is 19.8 Å². The molecule has 1 aromatic rings. The molecule has 20 heavy (non-hydrogen) atoms. The number of hydrogen-bond donors (Lipinski definition) is 0. The molecule has 2 rings (SSSR count). The van der Waals surface area contributed by atoms with Crippen LogP contribution in [0.25, 0.3) is 10.4 Å². The zero-order valence-corrected chi connectivity index (χ0v) is 11.3. The highest BCUT2D eigenvalue weighted by atomic mass is 16.2. The summed E-state index contributed by atoms with van der Waals surface area (Å²) < 4.78 is 0. The largest absolute Gasteiger partial charge is 0.343 e. The maximum atomic E-state index is 12.3. The number of likely N-dealkylation sites (tertiary alicyclic amines) is 1. The first-order chi connectivity index (χ1) is 9.61. The minimum absolute atomic E-state index is 0.0316. The van der Waals surface area contributed by atoms with E-state index in [-0.39, 0.29) is 17.6 Å². The molecule has 0 aromatic heterocycles. The second-order valence-corrected chi connectivity index (χ2v) is 4.88. The monoisotopic (exact) mass is 272 g/mol. The zero-order chi connectivity index (χ0) is 14.5. The Morgan fingerprint density at radius 2 is 1.85 bits per heavy atom. The van der Waals surface area contributed by atoms with Crippen LogP contribution >= 0.6 is 0 Å². The van der Waals surface area contributed by atoms with Gasteiger partial charge in [-0.25, -0.2) is 0 Å². The summed E-state index contributed by atoms with van der Waals surface area (Å²) in [5.74, 6) is 0.131. The predicted octanol–water partition coefficient (Wildman–Crippen LogP) is 3.07. The van der Waals surface area contributed by atoms with Crippen molar-refractivity contribution in [3.8, 4) is 0 Å². The molecule has 0 atom stereocenters. The normalized spacial score (nSPS) is 15.6. The van der Waals surface area contributed by atoms with Crippen LogP contribution in [0.2, 0.25) is 0 Å². The predicted molar refractivity (Wildman–Crippen MR) is 74.6 cm³/mol. The van der Waals surface area contributed by atoms with Gasteiger partial charge in [0.05, 0.1) is 0 Å². The number of amides is 1. The van der Waals surface area contributed by atoms with Gasteiger partial charge < -0.3 is 4.90 Å². The van der Waals surface area contributed by atoms with Gasteiger partial charge in [0.15, 0.2) is 5.78 Å². The molecule has 1 aliphatic heterocycles. The second kappa shape index (κ2) is 6.21. The quantitative estimate of drug-likeness (QED) is 0.366. The van der Waals surface area contributed by atoms with Gasteiger partial charge in [-0.1, -0.05) is 29.4 Å². The maximum absolute atomic E-state index is 12.3. The Kier molecular flexibility index (Phi) is 4.38. The van der Waals surface area contributed by atoms with Crippen molar-refractivity contribution in [2.24, 2.45) is 11.0 Å². The fourth-order valence-corrected chi connectivity index (χ4v) is 2.44. The fraction of sp³-hybridized carbons (Fsp3) is 0.429. The summed E-state index contributed by atoms with van der Waals surface area (Å²) in [7, 11) is 0. The van der Waals surface area contributed by atoms with E-state index >= 15 is 0 Å². The van der Waals surface area contributed by atoms with Gasteiger partial charge in [-0.15, -0.1) is 0 Å². The molecule has 0 radical (unpaired) electrons. The molecule has 0 saturated carbocycles. The Morgan fingerprint density at radius 3 is 2.35 bits per heavy atom. The van der Waals surface area contributed by atoms with Gasteiger partial charge in [0.1, 0.15) is 0 Å². The van der Waals surface area contributed by atoms with Crippen molar-refractivity contribution < 1.29 is 9.59 Å².